The van der Waals surface area contributed by atoms with Crippen LogP contribution in [0.25, 0.3) is 0 Å². The van der Waals surface area contributed by atoms with Gasteiger partial charge < -0.3 is 4.74 Å². The summed E-state index contributed by atoms with van der Waals surface area (Å²) < 4.78 is 5.72. The molecule has 0 N–H and O–H groups in total. The molecule has 1 nitrogen and oxygen atoms in total. The third-order valence-electron chi connectivity index (χ3n) is 8.16. The summed E-state index contributed by atoms with van der Waals surface area (Å²) in [6, 6.07) is 0. The lowest BCUT2D eigenvalue weighted by Gasteiger charge is -2.05. The van der Waals surface area contributed by atoms with Gasteiger partial charge in [-0.2, -0.15) is 0 Å². The maximum absolute atomic E-state index is 5.72. The second kappa shape index (κ2) is 36.0. The molecule has 0 aromatic carbocycles. The Hall–Kier alpha value is -0.0400. The molecule has 0 spiro atoms. The molecule has 0 atom stereocenters. The molecule has 223 valence electrons. The summed E-state index contributed by atoms with van der Waals surface area (Å²) in [5, 5.41) is 0. The number of hydrogen-bond donors (Lipinski definition) is 0. The maximum Gasteiger partial charge on any atom is 0.0836 e. The summed E-state index contributed by atoms with van der Waals surface area (Å²) in [4.78, 5) is 0. The zero-order valence-corrected chi connectivity index (χ0v) is 26.3. The quantitative estimate of drug-likeness (QED) is 0.0765. The maximum atomic E-state index is 5.72. The van der Waals surface area contributed by atoms with Crippen LogP contribution in [0.2, 0.25) is 0 Å². The number of hydrogen-bond acceptors (Lipinski definition) is 1. The van der Waals surface area contributed by atoms with Crippen molar-refractivity contribution >= 4 is 0 Å². The number of rotatable bonds is 34. The van der Waals surface area contributed by atoms with Crippen LogP contribution in [0.5, 0.6) is 0 Å². The normalized spacial score (nSPS) is 11.5. The monoisotopic (exact) mass is 522 g/mol. The van der Waals surface area contributed by atoms with Crippen LogP contribution in [-0.4, -0.2) is 6.61 Å². The molecular weight excluding hydrogens is 448 g/mol. The lowest BCUT2D eigenvalue weighted by molar-refractivity contribution is 0.183. The van der Waals surface area contributed by atoms with Crippen molar-refractivity contribution in [1.82, 2.24) is 0 Å². The van der Waals surface area contributed by atoms with Crippen molar-refractivity contribution in [3.05, 3.63) is 6.61 Å². The van der Waals surface area contributed by atoms with Crippen molar-refractivity contribution in [3.63, 3.8) is 0 Å². The fourth-order valence-corrected chi connectivity index (χ4v) is 5.50. The minimum atomic E-state index is 0.940. The zero-order chi connectivity index (χ0) is 26.7. The summed E-state index contributed by atoms with van der Waals surface area (Å²) in [6.45, 7) is 7.63. The van der Waals surface area contributed by atoms with Crippen LogP contribution in [0.1, 0.15) is 219 Å². The van der Waals surface area contributed by atoms with E-state index in [1.165, 1.54) is 199 Å². The third kappa shape index (κ3) is 36.0. The highest BCUT2D eigenvalue weighted by Gasteiger charge is 1.97. The summed E-state index contributed by atoms with van der Waals surface area (Å²) in [5.41, 5.74) is 0. The lowest BCUT2D eigenvalue weighted by atomic mass is 10.0. The summed E-state index contributed by atoms with van der Waals surface area (Å²) in [5.74, 6) is 0. The van der Waals surface area contributed by atoms with E-state index in [1.807, 2.05) is 0 Å². The smallest absolute Gasteiger partial charge is 0.0836 e. The average molecular weight is 522 g/mol. The van der Waals surface area contributed by atoms with Gasteiger partial charge in [0.05, 0.1) is 6.61 Å². The van der Waals surface area contributed by atoms with Gasteiger partial charge in [0.25, 0.3) is 0 Å². The fourth-order valence-electron chi connectivity index (χ4n) is 5.50. The van der Waals surface area contributed by atoms with Crippen LogP contribution in [-0.2, 0) is 4.74 Å². The Balaban J connectivity index is 3.00. The van der Waals surface area contributed by atoms with Gasteiger partial charge in [0, 0.05) is 6.61 Å². The van der Waals surface area contributed by atoms with Crippen molar-refractivity contribution in [2.45, 2.75) is 219 Å². The Kier molecular flexibility index (Phi) is 35.9. The second-order valence-electron chi connectivity index (χ2n) is 12.1. The van der Waals surface area contributed by atoms with Crippen molar-refractivity contribution < 1.29 is 4.74 Å². The highest BCUT2D eigenvalue weighted by atomic mass is 16.5. The van der Waals surface area contributed by atoms with Gasteiger partial charge in [-0.15, -0.1) is 0 Å². The fraction of sp³-hybridized carbons (Fsp3) is 0.972. The molecule has 0 aromatic heterocycles. The second-order valence-corrected chi connectivity index (χ2v) is 12.1. The van der Waals surface area contributed by atoms with Crippen molar-refractivity contribution in [2.24, 2.45) is 0 Å². The first-order chi connectivity index (χ1) is 18.4. The highest BCUT2D eigenvalue weighted by molar-refractivity contribution is 4.55. The molecule has 0 heterocycles. The van der Waals surface area contributed by atoms with Gasteiger partial charge in [-0.05, 0) is 12.8 Å². The van der Waals surface area contributed by atoms with Crippen LogP contribution in [0.3, 0.4) is 0 Å². The molecule has 1 radical (unpaired) electrons. The summed E-state index contributed by atoms with van der Waals surface area (Å²) in [6.07, 6.45) is 45.6. The minimum absolute atomic E-state index is 0.940. The molecule has 0 aromatic rings. The zero-order valence-electron chi connectivity index (χ0n) is 26.3. The van der Waals surface area contributed by atoms with E-state index in [1.54, 1.807) is 0 Å². The SMILES string of the molecule is CCCCCCCCCCCCCCCCCCCCCCC[CH]OCCCCCCCCCCCC. The highest BCUT2D eigenvalue weighted by Crippen LogP contribution is 2.16. The Morgan fingerprint density at radius 3 is 0.838 bits per heavy atom. The van der Waals surface area contributed by atoms with E-state index in [2.05, 4.69) is 20.5 Å². The number of unbranched alkanes of at least 4 members (excludes halogenated alkanes) is 30. The van der Waals surface area contributed by atoms with Crippen LogP contribution in [0, 0.1) is 6.61 Å². The molecule has 37 heavy (non-hydrogen) atoms. The van der Waals surface area contributed by atoms with E-state index in [0.29, 0.717) is 0 Å². The third-order valence-corrected chi connectivity index (χ3v) is 8.16. The summed E-state index contributed by atoms with van der Waals surface area (Å²) in [7, 11) is 0. The van der Waals surface area contributed by atoms with E-state index < -0.39 is 0 Å². The molecule has 0 rings (SSSR count). The van der Waals surface area contributed by atoms with Crippen molar-refractivity contribution in [3.8, 4) is 0 Å². The van der Waals surface area contributed by atoms with Gasteiger partial charge in [0.1, 0.15) is 0 Å². The molecule has 0 aliphatic carbocycles. The van der Waals surface area contributed by atoms with Crippen LogP contribution < -0.4 is 0 Å². The molecule has 0 saturated heterocycles. The van der Waals surface area contributed by atoms with Gasteiger partial charge in [-0.25, -0.2) is 0 Å². The predicted molar refractivity (Wildman–Crippen MR) is 169 cm³/mol. The van der Waals surface area contributed by atoms with Crippen molar-refractivity contribution in [2.75, 3.05) is 6.61 Å². The van der Waals surface area contributed by atoms with E-state index in [0.717, 1.165) is 13.0 Å². The van der Waals surface area contributed by atoms with E-state index in [4.69, 9.17) is 4.74 Å². The van der Waals surface area contributed by atoms with Gasteiger partial charge in [-0.3, -0.25) is 0 Å². The summed E-state index contributed by atoms with van der Waals surface area (Å²) >= 11 is 0. The van der Waals surface area contributed by atoms with Crippen molar-refractivity contribution in [1.29, 1.82) is 0 Å². The minimum Gasteiger partial charge on any atom is -0.376 e. The lowest BCUT2D eigenvalue weighted by Crippen LogP contribution is -1.92. The Bertz CT molecular complexity index is 332. The van der Waals surface area contributed by atoms with Crippen LogP contribution >= 0.6 is 0 Å². The topological polar surface area (TPSA) is 9.23 Å². The van der Waals surface area contributed by atoms with Gasteiger partial charge in [-0.1, -0.05) is 206 Å². The molecular formula is C36H73O. The van der Waals surface area contributed by atoms with Gasteiger partial charge in [0.2, 0.25) is 0 Å². The van der Waals surface area contributed by atoms with E-state index >= 15 is 0 Å². The first-order valence-corrected chi connectivity index (χ1v) is 17.8. The largest absolute Gasteiger partial charge is 0.376 e. The first-order valence-electron chi connectivity index (χ1n) is 17.8. The Morgan fingerprint density at radius 2 is 0.541 bits per heavy atom. The molecule has 0 bridgehead atoms. The van der Waals surface area contributed by atoms with Crippen LogP contribution in [0.4, 0.5) is 0 Å². The van der Waals surface area contributed by atoms with Gasteiger partial charge >= 0.3 is 0 Å². The van der Waals surface area contributed by atoms with E-state index in [9.17, 15) is 0 Å². The molecule has 0 saturated carbocycles. The molecule has 0 unspecified atom stereocenters. The predicted octanol–water partition coefficient (Wildman–Crippen LogP) is 13.7. The molecule has 0 aliphatic rings. The van der Waals surface area contributed by atoms with Crippen LogP contribution in [0.15, 0.2) is 0 Å². The van der Waals surface area contributed by atoms with E-state index in [-0.39, 0.29) is 0 Å². The molecule has 0 fully saturated rings. The van der Waals surface area contributed by atoms with Gasteiger partial charge in [0.15, 0.2) is 0 Å². The Labute approximate surface area is 237 Å². The Morgan fingerprint density at radius 1 is 0.297 bits per heavy atom. The standard InChI is InChI=1S/C36H73O/c1-3-5-7-9-11-13-15-16-17-18-19-20-21-22-23-24-25-26-28-30-32-34-36-37-35-33-31-29-27-14-12-10-8-6-4-2/h36H,3-35H2,1-2H3. The number of ether oxygens (including phenoxy) is 1. The molecule has 1 heteroatoms. The first kappa shape index (κ1) is 37.0. The molecule has 0 aliphatic heterocycles. The molecule has 0 amide bonds. The average Bonchev–Trinajstić information content (AvgIpc) is 2.91.